The van der Waals surface area contributed by atoms with Crippen molar-refractivity contribution in [3.63, 3.8) is 0 Å². The summed E-state index contributed by atoms with van der Waals surface area (Å²) >= 11 is 0. The van der Waals surface area contributed by atoms with E-state index in [1.807, 2.05) is 6.07 Å². The van der Waals surface area contributed by atoms with Gasteiger partial charge in [-0.3, -0.25) is 0 Å². The molecule has 0 amide bonds. The quantitative estimate of drug-likeness (QED) is 0.709. The Morgan fingerprint density at radius 2 is 2.00 bits per heavy atom. The van der Waals surface area contributed by atoms with Crippen molar-refractivity contribution in [1.29, 1.82) is 0 Å². The van der Waals surface area contributed by atoms with E-state index in [-0.39, 0.29) is 0 Å². The Balaban J connectivity index is 2.78. The molecule has 1 aromatic carbocycles. The number of rotatable bonds is 10. The minimum atomic E-state index is 0.351. The van der Waals surface area contributed by atoms with Gasteiger partial charge in [-0.05, 0) is 51.1 Å². The fourth-order valence-corrected chi connectivity index (χ4v) is 2.57. The summed E-state index contributed by atoms with van der Waals surface area (Å²) in [5.41, 5.74) is 1.30. The highest BCUT2D eigenvalue weighted by Gasteiger charge is 2.17. The van der Waals surface area contributed by atoms with Crippen LogP contribution in [0.25, 0.3) is 0 Å². The Morgan fingerprint density at radius 3 is 2.62 bits per heavy atom. The van der Waals surface area contributed by atoms with Gasteiger partial charge in [-0.2, -0.15) is 0 Å². The maximum absolute atomic E-state index is 5.36. The van der Waals surface area contributed by atoms with Crippen molar-refractivity contribution in [1.82, 2.24) is 10.2 Å². The van der Waals surface area contributed by atoms with E-state index in [0.717, 1.165) is 25.3 Å². The Labute approximate surface area is 130 Å². The van der Waals surface area contributed by atoms with E-state index in [1.165, 1.54) is 18.4 Å². The van der Waals surface area contributed by atoms with Crippen LogP contribution in [-0.2, 0) is 0 Å². The molecular weight excluding hydrogens is 260 g/mol. The minimum Gasteiger partial charge on any atom is -0.497 e. The molecular formula is C18H32N2O. The van der Waals surface area contributed by atoms with E-state index < -0.39 is 0 Å². The van der Waals surface area contributed by atoms with E-state index in [9.17, 15) is 0 Å². The predicted molar refractivity (Wildman–Crippen MR) is 91.0 cm³/mol. The molecule has 0 saturated heterocycles. The van der Waals surface area contributed by atoms with Crippen molar-refractivity contribution in [2.45, 2.75) is 52.1 Å². The van der Waals surface area contributed by atoms with E-state index >= 15 is 0 Å². The standard InChI is InChI=1S/C18H32N2O/c1-6-9-15(3)20(4)14-18(19-12-7-2)16-10-8-11-17(13-16)21-5/h8,10-11,13,15,18-19H,6-7,9,12,14H2,1-5H3. The van der Waals surface area contributed by atoms with Gasteiger partial charge in [-0.25, -0.2) is 0 Å². The highest BCUT2D eigenvalue weighted by molar-refractivity contribution is 5.30. The van der Waals surface area contributed by atoms with Gasteiger partial charge in [0.2, 0.25) is 0 Å². The molecule has 2 unspecified atom stereocenters. The summed E-state index contributed by atoms with van der Waals surface area (Å²) in [6.45, 7) is 8.83. The number of nitrogens with zero attached hydrogens (tertiary/aromatic N) is 1. The third-order valence-corrected chi connectivity index (χ3v) is 4.07. The zero-order valence-corrected chi connectivity index (χ0v) is 14.4. The summed E-state index contributed by atoms with van der Waals surface area (Å²) in [4.78, 5) is 2.45. The molecule has 0 aliphatic heterocycles. The molecule has 1 rings (SSSR count). The number of ether oxygens (including phenoxy) is 1. The average molecular weight is 292 g/mol. The fourth-order valence-electron chi connectivity index (χ4n) is 2.57. The lowest BCUT2D eigenvalue weighted by Crippen LogP contribution is -2.38. The lowest BCUT2D eigenvalue weighted by atomic mass is 10.0. The second-order valence-electron chi connectivity index (χ2n) is 5.86. The number of hydrogen-bond acceptors (Lipinski definition) is 3. The lowest BCUT2D eigenvalue weighted by molar-refractivity contribution is 0.218. The van der Waals surface area contributed by atoms with E-state index in [0.29, 0.717) is 12.1 Å². The van der Waals surface area contributed by atoms with Crippen molar-refractivity contribution >= 4 is 0 Å². The van der Waals surface area contributed by atoms with Crippen LogP contribution >= 0.6 is 0 Å². The van der Waals surface area contributed by atoms with Crippen LogP contribution in [0.1, 0.15) is 51.6 Å². The molecule has 0 aliphatic carbocycles. The first kappa shape index (κ1) is 18.0. The summed E-state index contributed by atoms with van der Waals surface area (Å²) in [5.74, 6) is 0.931. The molecule has 0 saturated carbocycles. The highest BCUT2D eigenvalue weighted by atomic mass is 16.5. The molecule has 1 N–H and O–H groups in total. The maximum Gasteiger partial charge on any atom is 0.119 e. The summed E-state index contributed by atoms with van der Waals surface area (Å²) in [5, 5.41) is 3.67. The minimum absolute atomic E-state index is 0.351. The first-order chi connectivity index (χ1) is 10.1. The van der Waals surface area contributed by atoms with Gasteiger partial charge in [0.1, 0.15) is 5.75 Å². The average Bonchev–Trinajstić information content (AvgIpc) is 2.51. The van der Waals surface area contributed by atoms with Gasteiger partial charge in [0.05, 0.1) is 7.11 Å². The molecule has 120 valence electrons. The third kappa shape index (κ3) is 6.06. The number of nitrogens with one attached hydrogen (secondary N) is 1. The van der Waals surface area contributed by atoms with Crippen LogP contribution in [0.2, 0.25) is 0 Å². The molecule has 0 bridgehead atoms. The predicted octanol–water partition coefficient (Wildman–Crippen LogP) is 3.86. The molecule has 0 spiro atoms. The van der Waals surface area contributed by atoms with Gasteiger partial charge in [0.15, 0.2) is 0 Å². The van der Waals surface area contributed by atoms with E-state index in [2.05, 4.69) is 56.2 Å². The van der Waals surface area contributed by atoms with Crippen LogP contribution in [-0.4, -0.2) is 38.2 Å². The monoisotopic (exact) mass is 292 g/mol. The van der Waals surface area contributed by atoms with Gasteiger partial charge >= 0.3 is 0 Å². The van der Waals surface area contributed by atoms with Gasteiger partial charge in [0.25, 0.3) is 0 Å². The van der Waals surface area contributed by atoms with Gasteiger partial charge < -0.3 is 15.0 Å². The molecule has 21 heavy (non-hydrogen) atoms. The Bertz CT molecular complexity index is 395. The fraction of sp³-hybridized carbons (Fsp3) is 0.667. The van der Waals surface area contributed by atoms with E-state index in [4.69, 9.17) is 4.74 Å². The molecule has 0 radical (unpaired) electrons. The Morgan fingerprint density at radius 1 is 1.24 bits per heavy atom. The van der Waals surface area contributed by atoms with Crippen LogP contribution in [0.5, 0.6) is 5.75 Å². The Hall–Kier alpha value is -1.06. The summed E-state index contributed by atoms with van der Waals surface area (Å²) in [6.07, 6.45) is 3.63. The number of hydrogen-bond donors (Lipinski definition) is 1. The van der Waals surface area contributed by atoms with Crippen LogP contribution in [0.3, 0.4) is 0 Å². The van der Waals surface area contributed by atoms with Crippen molar-refractivity contribution < 1.29 is 4.74 Å². The van der Waals surface area contributed by atoms with Crippen LogP contribution < -0.4 is 10.1 Å². The third-order valence-electron chi connectivity index (χ3n) is 4.07. The van der Waals surface area contributed by atoms with Crippen molar-refractivity contribution in [3.05, 3.63) is 29.8 Å². The molecule has 2 atom stereocenters. The second-order valence-corrected chi connectivity index (χ2v) is 5.86. The maximum atomic E-state index is 5.36. The first-order valence-electron chi connectivity index (χ1n) is 8.19. The molecule has 3 heteroatoms. The number of methoxy groups -OCH3 is 1. The molecule has 3 nitrogen and oxygen atoms in total. The van der Waals surface area contributed by atoms with Crippen molar-refractivity contribution in [2.24, 2.45) is 0 Å². The van der Waals surface area contributed by atoms with Crippen molar-refractivity contribution in [2.75, 3.05) is 27.2 Å². The largest absolute Gasteiger partial charge is 0.497 e. The Kier molecular flexibility index (Phi) is 8.40. The number of benzene rings is 1. The molecule has 1 aromatic rings. The molecule has 0 aliphatic rings. The van der Waals surface area contributed by atoms with Gasteiger partial charge in [-0.15, -0.1) is 0 Å². The van der Waals surface area contributed by atoms with Crippen molar-refractivity contribution in [3.8, 4) is 5.75 Å². The molecule has 0 aromatic heterocycles. The normalized spacial score (nSPS) is 14.2. The second kappa shape index (κ2) is 9.80. The van der Waals surface area contributed by atoms with E-state index in [1.54, 1.807) is 7.11 Å². The topological polar surface area (TPSA) is 24.5 Å². The smallest absolute Gasteiger partial charge is 0.119 e. The van der Waals surface area contributed by atoms with Gasteiger partial charge in [0, 0.05) is 18.6 Å². The van der Waals surface area contributed by atoms with Crippen LogP contribution in [0.4, 0.5) is 0 Å². The number of likely N-dealkylation sites (N-methyl/N-ethyl adjacent to an activating group) is 1. The molecule has 0 heterocycles. The summed E-state index contributed by atoms with van der Waals surface area (Å²) in [7, 11) is 3.95. The molecule has 0 fully saturated rings. The zero-order valence-electron chi connectivity index (χ0n) is 14.4. The highest BCUT2D eigenvalue weighted by Crippen LogP contribution is 2.21. The first-order valence-corrected chi connectivity index (χ1v) is 8.19. The van der Waals surface area contributed by atoms with Crippen LogP contribution in [0, 0.1) is 0 Å². The summed E-state index contributed by atoms with van der Waals surface area (Å²) < 4.78 is 5.36. The zero-order chi connectivity index (χ0) is 15.7. The van der Waals surface area contributed by atoms with Crippen LogP contribution in [0.15, 0.2) is 24.3 Å². The summed E-state index contributed by atoms with van der Waals surface area (Å²) in [6, 6.07) is 9.38. The lowest BCUT2D eigenvalue weighted by Gasteiger charge is -2.30. The SMILES string of the molecule is CCCNC(CN(C)C(C)CCC)c1cccc(OC)c1. The van der Waals surface area contributed by atoms with Gasteiger partial charge in [-0.1, -0.05) is 32.4 Å².